The summed E-state index contributed by atoms with van der Waals surface area (Å²) in [7, 11) is 0. The van der Waals surface area contributed by atoms with E-state index in [-0.39, 0.29) is 0 Å². The molecule has 0 saturated carbocycles. The Morgan fingerprint density at radius 2 is 2.22 bits per heavy atom. The molecular formula is CH5N2O4PS. The van der Waals surface area contributed by atoms with Crippen LogP contribution in [0, 0.1) is 0 Å². The maximum Gasteiger partial charge on any atom is 0.411 e. The van der Waals surface area contributed by atoms with Crippen molar-refractivity contribution < 1.29 is 18.8 Å². The monoisotopic (exact) mass is 172 g/mol. The summed E-state index contributed by atoms with van der Waals surface area (Å²) in [6.07, 6.45) is -1.22. The molecule has 0 heterocycles. The van der Waals surface area contributed by atoms with Gasteiger partial charge in [0.2, 0.25) is 0 Å². The fourth-order valence-corrected chi connectivity index (χ4v) is 0.626. The quantitative estimate of drug-likeness (QED) is 0.371. The molecule has 54 valence electrons. The van der Waals surface area contributed by atoms with Crippen molar-refractivity contribution in [2.75, 3.05) is 0 Å². The van der Waals surface area contributed by atoms with E-state index in [4.69, 9.17) is 4.89 Å². The third-order valence-electron chi connectivity index (χ3n) is 0.339. The molecule has 0 aliphatic carbocycles. The molecule has 8 heteroatoms. The number of hydrogen-bond acceptors (Lipinski definition) is 5. The Balaban J connectivity index is 3.88. The summed E-state index contributed by atoms with van der Waals surface area (Å²) >= 11 is 4.12. The normalized spacial score (nSPS) is 16.2. The zero-order valence-corrected chi connectivity index (χ0v) is 5.89. The highest BCUT2D eigenvalue weighted by atomic mass is 32.5. The van der Waals surface area contributed by atoms with E-state index in [1.807, 2.05) is 0 Å². The minimum Gasteiger partial charge on any atom is -0.374 e. The first kappa shape index (κ1) is 8.80. The molecule has 0 saturated heterocycles. The number of nitrogens with two attached hydrogens (primary N) is 2. The van der Waals surface area contributed by atoms with Crippen molar-refractivity contribution in [3.05, 3.63) is 0 Å². The topological polar surface area (TPSA) is 108 Å². The van der Waals surface area contributed by atoms with Crippen molar-refractivity contribution in [3.8, 4) is 0 Å². The zero-order chi connectivity index (χ0) is 7.49. The van der Waals surface area contributed by atoms with Gasteiger partial charge in [-0.3, -0.25) is 0 Å². The highest BCUT2D eigenvalue weighted by molar-refractivity contribution is 8.07. The van der Waals surface area contributed by atoms with E-state index >= 15 is 0 Å². The minimum atomic E-state index is -3.59. The molecule has 0 aliphatic rings. The number of primary amides is 1. The molecule has 0 rings (SSSR count). The van der Waals surface area contributed by atoms with E-state index in [0.717, 1.165) is 0 Å². The van der Waals surface area contributed by atoms with Crippen molar-refractivity contribution in [1.82, 2.24) is 0 Å². The molecule has 0 aromatic rings. The summed E-state index contributed by atoms with van der Waals surface area (Å²) in [6.45, 7) is -3.59. The summed E-state index contributed by atoms with van der Waals surface area (Å²) in [5.74, 6) is 4.42. The molecule has 0 aromatic heterocycles. The maximum atomic E-state index is 9.84. The Labute approximate surface area is 55.9 Å². The Kier molecular flexibility index (Phi) is 3.02. The summed E-state index contributed by atoms with van der Waals surface area (Å²) in [5.41, 5.74) is 4.46. The van der Waals surface area contributed by atoms with Crippen LogP contribution in [0.5, 0.6) is 0 Å². The van der Waals surface area contributed by atoms with Gasteiger partial charge in [0, 0.05) is 11.8 Å². The average molecular weight is 172 g/mol. The summed E-state index contributed by atoms with van der Waals surface area (Å²) in [4.78, 5) is 18.4. The predicted octanol–water partition coefficient (Wildman–Crippen LogP) is -0.811. The molecular weight excluding hydrogens is 167 g/mol. The van der Waals surface area contributed by atoms with Crippen LogP contribution in [0.4, 0.5) is 4.79 Å². The van der Waals surface area contributed by atoms with Gasteiger partial charge in [-0.05, 0) is 0 Å². The molecule has 5 N–H and O–H groups in total. The van der Waals surface area contributed by atoms with Gasteiger partial charge in [0.1, 0.15) is 0 Å². The summed E-state index contributed by atoms with van der Waals surface area (Å²) in [5, 5.41) is 0. The van der Waals surface area contributed by atoms with Gasteiger partial charge in [0.15, 0.2) is 0 Å². The van der Waals surface area contributed by atoms with E-state index in [2.05, 4.69) is 32.6 Å². The lowest BCUT2D eigenvalue weighted by Crippen LogP contribution is -2.13. The van der Waals surface area contributed by atoms with Crippen molar-refractivity contribution in [1.29, 1.82) is 0 Å². The van der Waals surface area contributed by atoms with E-state index in [1.165, 1.54) is 0 Å². The standard InChI is InChI=1S/CH5N2O4PS/c2-1(4)6-8(5,9)7-3/h3H2,(H2,2,4)(H,5,9). The molecule has 6 nitrogen and oxygen atoms in total. The van der Waals surface area contributed by atoms with Crippen LogP contribution in [-0.4, -0.2) is 11.0 Å². The highest BCUT2D eigenvalue weighted by Gasteiger charge is 2.16. The number of carbonyl (C=O) groups excluding carboxylic acids is 1. The molecule has 1 unspecified atom stereocenters. The molecule has 0 aromatic carbocycles. The molecule has 0 aliphatic heterocycles. The largest absolute Gasteiger partial charge is 0.411 e. The molecule has 1 amide bonds. The highest BCUT2D eigenvalue weighted by Crippen LogP contribution is 2.40. The smallest absolute Gasteiger partial charge is 0.374 e. The van der Waals surface area contributed by atoms with Gasteiger partial charge in [-0.2, -0.15) is 0 Å². The fraction of sp³-hybridized carbons (Fsp3) is 0. The van der Waals surface area contributed by atoms with Crippen LogP contribution in [0.1, 0.15) is 0 Å². The van der Waals surface area contributed by atoms with Crippen LogP contribution < -0.4 is 11.6 Å². The maximum absolute atomic E-state index is 9.84. The van der Waals surface area contributed by atoms with Crippen molar-refractivity contribution >= 4 is 24.6 Å². The molecule has 0 spiro atoms. The van der Waals surface area contributed by atoms with E-state index in [9.17, 15) is 4.79 Å². The second-order valence-electron chi connectivity index (χ2n) is 0.984. The minimum absolute atomic E-state index is 1.22. The lowest BCUT2D eigenvalue weighted by Gasteiger charge is -2.08. The zero-order valence-electron chi connectivity index (χ0n) is 4.18. The fourth-order valence-electron chi connectivity index (χ4n) is 0.135. The number of carbonyl (C=O) groups is 1. The van der Waals surface area contributed by atoms with Crippen LogP contribution in [-0.2, 0) is 21.0 Å². The predicted molar refractivity (Wildman–Crippen MR) is 32.4 cm³/mol. The summed E-state index contributed by atoms with van der Waals surface area (Å²) in [6, 6.07) is 0. The van der Waals surface area contributed by atoms with Crippen LogP contribution in [0.15, 0.2) is 0 Å². The van der Waals surface area contributed by atoms with E-state index in [0.29, 0.717) is 0 Å². The van der Waals surface area contributed by atoms with Gasteiger partial charge in [-0.1, -0.05) is 0 Å². The van der Waals surface area contributed by atoms with Gasteiger partial charge in [0.05, 0.1) is 0 Å². The van der Waals surface area contributed by atoms with Crippen molar-refractivity contribution in [2.45, 2.75) is 0 Å². The molecule has 0 bridgehead atoms. The Hall–Kier alpha value is -0.200. The summed E-state index contributed by atoms with van der Waals surface area (Å²) < 4.78 is 7.57. The van der Waals surface area contributed by atoms with Crippen LogP contribution in [0.25, 0.3) is 0 Å². The van der Waals surface area contributed by atoms with Crippen LogP contribution >= 0.6 is 6.72 Å². The second kappa shape index (κ2) is 3.09. The Morgan fingerprint density at radius 1 is 1.78 bits per heavy atom. The van der Waals surface area contributed by atoms with E-state index < -0.39 is 12.8 Å². The van der Waals surface area contributed by atoms with Gasteiger partial charge >= 0.3 is 12.8 Å². The Morgan fingerprint density at radius 3 is 2.33 bits per heavy atom. The van der Waals surface area contributed by atoms with Crippen LogP contribution in [0.2, 0.25) is 0 Å². The number of hydrogen-bond donors (Lipinski definition) is 3. The van der Waals surface area contributed by atoms with Gasteiger partial charge in [-0.15, -0.1) is 0 Å². The third-order valence-corrected chi connectivity index (χ3v) is 1.50. The second-order valence-corrected chi connectivity index (χ2v) is 3.70. The number of rotatable bonds is 2. The van der Waals surface area contributed by atoms with Gasteiger partial charge in [0.25, 0.3) is 0 Å². The van der Waals surface area contributed by atoms with Gasteiger partial charge in [-0.25, -0.2) is 15.3 Å². The molecule has 0 fully saturated rings. The molecule has 0 radical (unpaired) electrons. The molecule has 1 atom stereocenters. The Bertz CT molecular complexity index is 159. The first-order valence-corrected chi connectivity index (χ1v) is 4.27. The van der Waals surface area contributed by atoms with Gasteiger partial charge < -0.3 is 15.2 Å². The van der Waals surface area contributed by atoms with E-state index in [1.54, 1.807) is 0 Å². The van der Waals surface area contributed by atoms with Crippen molar-refractivity contribution in [3.63, 3.8) is 0 Å². The lowest BCUT2D eigenvalue weighted by atomic mass is 11.3. The first-order chi connectivity index (χ1) is 3.98. The third kappa shape index (κ3) is 4.31. The van der Waals surface area contributed by atoms with Crippen molar-refractivity contribution in [2.24, 2.45) is 11.6 Å². The van der Waals surface area contributed by atoms with Crippen LogP contribution in [0.3, 0.4) is 0 Å². The SMILES string of the molecule is NOP(O)(=S)OC(N)=O. The molecule has 9 heavy (non-hydrogen) atoms. The first-order valence-electron chi connectivity index (χ1n) is 1.68. The average Bonchev–Trinajstić information content (AvgIpc) is 1.63. The lowest BCUT2D eigenvalue weighted by molar-refractivity contribution is 0.187. The number of amides is 1.